The number of fused-ring (bicyclic) bond motifs is 3. The Balaban J connectivity index is 1.47. The predicted octanol–water partition coefficient (Wildman–Crippen LogP) is 12.2. The van der Waals surface area contributed by atoms with Gasteiger partial charge in [0.15, 0.2) is 0 Å². The van der Waals surface area contributed by atoms with Crippen LogP contribution in [0.4, 0.5) is 0 Å². The van der Waals surface area contributed by atoms with Crippen molar-refractivity contribution in [3.63, 3.8) is 0 Å². The summed E-state index contributed by atoms with van der Waals surface area (Å²) in [5.41, 5.74) is 11.5. The van der Waals surface area contributed by atoms with Crippen LogP contribution in [0, 0.1) is 0 Å². The van der Waals surface area contributed by atoms with Crippen molar-refractivity contribution < 1.29 is 0 Å². The molecule has 0 aliphatic heterocycles. The van der Waals surface area contributed by atoms with Crippen LogP contribution < -0.4 is 0 Å². The summed E-state index contributed by atoms with van der Waals surface area (Å²) in [7, 11) is 0. The lowest BCUT2D eigenvalue weighted by atomic mass is 9.67. The number of hydrogen-bond donors (Lipinski definition) is 0. The normalized spacial score (nSPS) is 13.1. The van der Waals surface area contributed by atoms with E-state index >= 15 is 0 Å². The highest BCUT2D eigenvalue weighted by Crippen LogP contribution is 2.57. The summed E-state index contributed by atoms with van der Waals surface area (Å²) in [5, 5.41) is 1.48. The molecule has 1 aliphatic rings. The van der Waals surface area contributed by atoms with Crippen LogP contribution in [0.25, 0.3) is 33.4 Å². The quantitative estimate of drug-likeness (QED) is 0.172. The summed E-state index contributed by atoms with van der Waals surface area (Å²) in [6.45, 7) is 0. The summed E-state index contributed by atoms with van der Waals surface area (Å²) in [6, 6.07) is 47.3. The van der Waals surface area contributed by atoms with Crippen LogP contribution in [0.3, 0.4) is 0 Å². The first-order valence-electron chi connectivity index (χ1n) is 13.3. The van der Waals surface area contributed by atoms with Gasteiger partial charge in [-0.1, -0.05) is 140 Å². The molecular formula is C37H22Br2Cl2. The minimum Gasteiger partial charge on any atom is -0.0843 e. The van der Waals surface area contributed by atoms with Crippen molar-refractivity contribution in [2.24, 2.45) is 0 Å². The second-order valence-corrected chi connectivity index (χ2v) is 13.0. The SMILES string of the molecule is Clc1ccc(-c2ccc(C3(c4ccc(-c5ccc(Cl)cc5)cc4)c4cc(Br)ccc4-c4ccc(Br)cc43)cc2)cc1. The highest BCUT2D eigenvalue weighted by molar-refractivity contribution is 9.10. The van der Waals surface area contributed by atoms with Crippen molar-refractivity contribution in [2.45, 2.75) is 5.41 Å². The first kappa shape index (κ1) is 26.7. The molecule has 0 N–H and O–H groups in total. The molecule has 4 heteroatoms. The topological polar surface area (TPSA) is 0 Å². The van der Waals surface area contributed by atoms with E-state index < -0.39 is 5.41 Å². The molecule has 0 spiro atoms. The van der Waals surface area contributed by atoms with Crippen molar-refractivity contribution in [1.29, 1.82) is 0 Å². The number of rotatable bonds is 4. The fourth-order valence-corrected chi connectivity index (χ4v) is 7.14. The average Bonchev–Trinajstić information content (AvgIpc) is 3.27. The zero-order valence-electron chi connectivity index (χ0n) is 21.7. The molecule has 198 valence electrons. The lowest BCUT2D eigenvalue weighted by Crippen LogP contribution is -2.28. The highest BCUT2D eigenvalue weighted by Gasteiger charge is 2.46. The molecular weight excluding hydrogens is 675 g/mol. The summed E-state index contributed by atoms with van der Waals surface area (Å²) in [4.78, 5) is 0. The van der Waals surface area contributed by atoms with Crippen LogP contribution in [0.1, 0.15) is 22.3 Å². The third-order valence-electron chi connectivity index (χ3n) is 8.05. The minimum absolute atomic E-state index is 0.505. The van der Waals surface area contributed by atoms with Gasteiger partial charge in [0.25, 0.3) is 0 Å². The van der Waals surface area contributed by atoms with Gasteiger partial charge in [-0.15, -0.1) is 0 Å². The maximum absolute atomic E-state index is 6.16. The summed E-state index contributed by atoms with van der Waals surface area (Å²) < 4.78 is 2.12. The van der Waals surface area contributed by atoms with E-state index in [-0.39, 0.29) is 0 Å². The zero-order valence-corrected chi connectivity index (χ0v) is 26.4. The van der Waals surface area contributed by atoms with Crippen molar-refractivity contribution in [3.05, 3.63) is 175 Å². The van der Waals surface area contributed by atoms with E-state index in [2.05, 4.69) is 141 Å². The Labute approximate surface area is 266 Å². The Morgan fingerprint density at radius 1 is 0.390 bits per heavy atom. The van der Waals surface area contributed by atoms with Crippen LogP contribution >= 0.6 is 55.1 Å². The molecule has 0 unspecified atom stereocenters. The molecule has 0 aromatic heterocycles. The van der Waals surface area contributed by atoms with Crippen LogP contribution in [0.15, 0.2) is 142 Å². The van der Waals surface area contributed by atoms with Gasteiger partial charge in [0.05, 0.1) is 5.41 Å². The van der Waals surface area contributed by atoms with Crippen LogP contribution in [-0.4, -0.2) is 0 Å². The molecule has 6 aromatic rings. The van der Waals surface area contributed by atoms with Gasteiger partial charge >= 0.3 is 0 Å². The van der Waals surface area contributed by atoms with E-state index in [0.29, 0.717) is 0 Å². The van der Waals surface area contributed by atoms with Gasteiger partial charge in [0, 0.05) is 19.0 Å². The van der Waals surface area contributed by atoms with Gasteiger partial charge in [-0.25, -0.2) is 0 Å². The van der Waals surface area contributed by atoms with Gasteiger partial charge in [0.2, 0.25) is 0 Å². The lowest BCUT2D eigenvalue weighted by molar-refractivity contribution is 0.767. The summed E-state index contributed by atoms with van der Waals surface area (Å²) in [5.74, 6) is 0. The van der Waals surface area contributed by atoms with E-state index in [1.54, 1.807) is 0 Å². The maximum Gasteiger partial charge on any atom is 0.0714 e. The molecule has 41 heavy (non-hydrogen) atoms. The first-order valence-corrected chi connectivity index (χ1v) is 15.6. The fraction of sp³-hybridized carbons (Fsp3) is 0.0270. The molecule has 7 rings (SSSR count). The molecule has 0 radical (unpaired) electrons. The fourth-order valence-electron chi connectivity index (χ4n) is 6.17. The molecule has 0 atom stereocenters. The Morgan fingerprint density at radius 3 is 1.05 bits per heavy atom. The van der Waals surface area contributed by atoms with E-state index in [9.17, 15) is 0 Å². The number of hydrogen-bond acceptors (Lipinski definition) is 0. The van der Waals surface area contributed by atoms with Gasteiger partial charge in [-0.3, -0.25) is 0 Å². The van der Waals surface area contributed by atoms with Gasteiger partial charge in [0.1, 0.15) is 0 Å². The number of benzene rings is 6. The van der Waals surface area contributed by atoms with Crippen LogP contribution in [-0.2, 0) is 5.41 Å². The smallest absolute Gasteiger partial charge is 0.0714 e. The second-order valence-electron chi connectivity index (χ2n) is 10.3. The Hall–Kier alpha value is -3.14. The van der Waals surface area contributed by atoms with E-state index in [1.165, 1.54) is 33.4 Å². The minimum atomic E-state index is -0.505. The maximum atomic E-state index is 6.16. The molecule has 0 fully saturated rings. The van der Waals surface area contributed by atoms with Crippen molar-refractivity contribution in [2.75, 3.05) is 0 Å². The van der Waals surface area contributed by atoms with Crippen LogP contribution in [0.2, 0.25) is 10.0 Å². The average molecular weight is 697 g/mol. The number of halogens is 4. The van der Waals surface area contributed by atoms with Gasteiger partial charge < -0.3 is 0 Å². The van der Waals surface area contributed by atoms with Crippen LogP contribution in [0.5, 0.6) is 0 Å². The Morgan fingerprint density at radius 2 is 0.707 bits per heavy atom. The van der Waals surface area contributed by atoms with Gasteiger partial charge in [-0.05, 0) is 104 Å². The largest absolute Gasteiger partial charge is 0.0843 e. The highest BCUT2D eigenvalue weighted by atomic mass is 79.9. The molecule has 0 amide bonds. The van der Waals surface area contributed by atoms with E-state index in [1.807, 2.05) is 24.3 Å². The molecule has 0 heterocycles. The molecule has 0 bridgehead atoms. The third kappa shape index (κ3) is 4.58. The molecule has 1 aliphatic carbocycles. The Kier molecular flexibility index (Phi) is 6.92. The Bertz CT molecular complexity index is 1750. The molecule has 0 saturated carbocycles. The monoisotopic (exact) mass is 694 g/mol. The van der Waals surface area contributed by atoms with Gasteiger partial charge in [-0.2, -0.15) is 0 Å². The standard InChI is InChI=1S/C37H22Br2Cl2/c38-29-13-19-33-34-20-14-30(39)22-36(34)37(35(33)21-29,27-9-1-23(2-10-27)25-5-15-31(40)16-6-25)28-11-3-24(4-12-28)26-7-17-32(41)18-8-26/h1-22H. The third-order valence-corrected chi connectivity index (χ3v) is 9.54. The molecule has 6 aromatic carbocycles. The first-order chi connectivity index (χ1) is 19.9. The van der Waals surface area contributed by atoms with E-state index in [0.717, 1.165) is 41.2 Å². The van der Waals surface area contributed by atoms with E-state index in [4.69, 9.17) is 23.2 Å². The summed E-state index contributed by atoms with van der Waals surface area (Å²) >= 11 is 19.9. The molecule has 0 saturated heterocycles. The van der Waals surface area contributed by atoms with Crippen molar-refractivity contribution >= 4 is 55.1 Å². The summed E-state index contributed by atoms with van der Waals surface area (Å²) in [6.07, 6.45) is 0. The zero-order chi connectivity index (χ0) is 28.1. The lowest BCUT2D eigenvalue weighted by Gasteiger charge is -2.34. The predicted molar refractivity (Wildman–Crippen MR) is 180 cm³/mol. The van der Waals surface area contributed by atoms with Crippen molar-refractivity contribution in [3.8, 4) is 33.4 Å². The molecule has 0 nitrogen and oxygen atoms in total. The van der Waals surface area contributed by atoms with Crippen molar-refractivity contribution in [1.82, 2.24) is 0 Å². The second kappa shape index (κ2) is 10.6.